The highest BCUT2D eigenvalue weighted by molar-refractivity contribution is 5.95. The molecule has 0 saturated heterocycles. The summed E-state index contributed by atoms with van der Waals surface area (Å²) in [5, 5.41) is 7.45. The van der Waals surface area contributed by atoms with Gasteiger partial charge in [0.2, 0.25) is 0 Å². The molecule has 0 radical (unpaired) electrons. The van der Waals surface area contributed by atoms with E-state index >= 15 is 0 Å². The van der Waals surface area contributed by atoms with Crippen molar-refractivity contribution in [2.75, 3.05) is 0 Å². The predicted molar refractivity (Wildman–Crippen MR) is 100 cm³/mol. The van der Waals surface area contributed by atoms with E-state index < -0.39 is 0 Å². The molecule has 0 spiro atoms. The monoisotopic (exact) mass is 349 g/mol. The van der Waals surface area contributed by atoms with Crippen molar-refractivity contribution in [3.8, 4) is 5.82 Å². The first-order valence-electron chi connectivity index (χ1n) is 8.67. The highest BCUT2D eigenvalue weighted by atomic mass is 16.1. The Hall–Kier alpha value is -3.02. The zero-order valence-corrected chi connectivity index (χ0v) is 15.5. The van der Waals surface area contributed by atoms with Gasteiger partial charge in [-0.25, -0.2) is 9.67 Å². The highest BCUT2D eigenvalue weighted by Crippen LogP contribution is 2.23. The maximum absolute atomic E-state index is 12.9. The van der Waals surface area contributed by atoms with Gasteiger partial charge in [0.15, 0.2) is 5.82 Å². The van der Waals surface area contributed by atoms with Crippen molar-refractivity contribution in [1.82, 2.24) is 25.1 Å². The fourth-order valence-electron chi connectivity index (χ4n) is 2.94. The van der Waals surface area contributed by atoms with Gasteiger partial charge in [0.1, 0.15) is 0 Å². The second-order valence-corrected chi connectivity index (χ2v) is 6.64. The van der Waals surface area contributed by atoms with Crippen molar-refractivity contribution in [2.24, 2.45) is 5.92 Å². The number of hydrogen-bond donors (Lipinski definition) is 1. The number of amides is 1. The Kier molecular flexibility index (Phi) is 5.11. The maximum Gasteiger partial charge on any atom is 0.255 e. The molecule has 0 aromatic carbocycles. The topological polar surface area (TPSA) is 72.7 Å². The molecule has 26 heavy (non-hydrogen) atoms. The van der Waals surface area contributed by atoms with Crippen molar-refractivity contribution in [2.45, 2.75) is 33.7 Å². The molecule has 1 unspecified atom stereocenters. The first-order valence-corrected chi connectivity index (χ1v) is 8.67. The summed E-state index contributed by atoms with van der Waals surface area (Å²) in [5.74, 6) is 0.733. The van der Waals surface area contributed by atoms with E-state index in [1.165, 1.54) is 0 Å². The number of hydrogen-bond acceptors (Lipinski definition) is 4. The van der Waals surface area contributed by atoms with Crippen molar-refractivity contribution >= 4 is 5.91 Å². The lowest BCUT2D eigenvalue weighted by Gasteiger charge is -2.23. The van der Waals surface area contributed by atoms with Crippen LogP contribution in [-0.4, -0.2) is 25.7 Å². The summed E-state index contributed by atoms with van der Waals surface area (Å²) in [6, 6.07) is 9.34. The molecule has 0 bridgehead atoms. The number of aryl methyl sites for hydroxylation is 1. The fourth-order valence-corrected chi connectivity index (χ4v) is 2.94. The molecule has 0 fully saturated rings. The van der Waals surface area contributed by atoms with Crippen LogP contribution in [0.25, 0.3) is 5.82 Å². The third kappa shape index (κ3) is 3.49. The third-order valence-electron chi connectivity index (χ3n) is 4.42. The minimum atomic E-state index is -0.165. The SMILES string of the molecule is Cc1cccnc1C(NC(=O)c1cnn(-c2ccccn2)c1C)C(C)C. The van der Waals surface area contributed by atoms with Gasteiger partial charge in [-0.05, 0) is 43.5 Å². The largest absolute Gasteiger partial charge is 0.343 e. The number of carbonyl (C=O) groups is 1. The van der Waals surface area contributed by atoms with Crippen LogP contribution in [0, 0.1) is 19.8 Å². The summed E-state index contributed by atoms with van der Waals surface area (Å²) in [4.78, 5) is 21.7. The Morgan fingerprint density at radius 1 is 1.08 bits per heavy atom. The van der Waals surface area contributed by atoms with E-state index in [9.17, 15) is 4.79 Å². The van der Waals surface area contributed by atoms with Crippen LogP contribution in [0.1, 0.15) is 47.2 Å². The standard InChI is InChI=1S/C20H23N5O/c1-13(2)18(19-14(3)8-7-11-22-19)24-20(26)16-12-23-25(15(16)4)17-9-5-6-10-21-17/h5-13,18H,1-4H3,(H,24,26). The first-order chi connectivity index (χ1) is 12.5. The van der Waals surface area contributed by atoms with E-state index in [2.05, 4.69) is 34.2 Å². The summed E-state index contributed by atoms with van der Waals surface area (Å²) < 4.78 is 1.67. The minimum absolute atomic E-state index is 0.159. The van der Waals surface area contributed by atoms with Crippen LogP contribution in [-0.2, 0) is 0 Å². The molecule has 3 aromatic rings. The van der Waals surface area contributed by atoms with Crippen molar-refractivity contribution < 1.29 is 4.79 Å². The van der Waals surface area contributed by atoms with E-state index in [1.807, 2.05) is 44.2 Å². The molecule has 6 nitrogen and oxygen atoms in total. The Morgan fingerprint density at radius 3 is 2.50 bits per heavy atom. The van der Waals surface area contributed by atoms with Crippen LogP contribution >= 0.6 is 0 Å². The summed E-state index contributed by atoms with van der Waals surface area (Å²) >= 11 is 0. The number of carbonyl (C=O) groups excluding carboxylic acids is 1. The summed E-state index contributed by atoms with van der Waals surface area (Å²) in [6.45, 7) is 8.02. The summed E-state index contributed by atoms with van der Waals surface area (Å²) in [7, 11) is 0. The maximum atomic E-state index is 12.9. The van der Waals surface area contributed by atoms with Crippen LogP contribution in [0.5, 0.6) is 0 Å². The summed E-state index contributed by atoms with van der Waals surface area (Å²) in [5.41, 5.74) is 3.24. The lowest BCUT2D eigenvalue weighted by atomic mass is 9.97. The van der Waals surface area contributed by atoms with Gasteiger partial charge in [-0.2, -0.15) is 5.10 Å². The van der Waals surface area contributed by atoms with Gasteiger partial charge in [-0.3, -0.25) is 9.78 Å². The molecule has 3 heterocycles. The zero-order valence-electron chi connectivity index (χ0n) is 15.5. The highest BCUT2D eigenvalue weighted by Gasteiger charge is 2.24. The molecule has 0 saturated carbocycles. The van der Waals surface area contributed by atoms with Crippen LogP contribution in [0.2, 0.25) is 0 Å². The van der Waals surface area contributed by atoms with E-state index in [0.717, 1.165) is 17.0 Å². The van der Waals surface area contributed by atoms with E-state index in [0.29, 0.717) is 11.4 Å². The molecule has 0 aliphatic carbocycles. The van der Waals surface area contributed by atoms with Gasteiger partial charge >= 0.3 is 0 Å². The number of rotatable bonds is 5. The Bertz CT molecular complexity index is 902. The van der Waals surface area contributed by atoms with E-state index in [4.69, 9.17) is 0 Å². The molecule has 0 aliphatic heterocycles. The average molecular weight is 349 g/mol. The van der Waals surface area contributed by atoms with Crippen molar-refractivity contribution in [1.29, 1.82) is 0 Å². The second kappa shape index (κ2) is 7.47. The Labute approximate surface area is 153 Å². The quantitative estimate of drug-likeness (QED) is 0.766. The Balaban J connectivity index is 1.88. The first kappa shape index (κ1) is 17.8. The number of nitrogens with zero attached hydrogens (tertiary/aromatic N) is 4. The molecule has 6 heteroatoms. The van der Waals surface area contributed by atoms with E-state index in [-0.39, 0.29) is 17.9 Å². The van der Waals surface area contributed by atoms with Gasteiger partial charge in [0, 0.05) is 12.4 Å². The molecular weight excluding hydrogens is 326 g/mol. The molecule has 3 rings (SSSR count). The third-order valence-corrected chi connectivity index (χ3v) is 4.42. The van der Waals surface area contributed by atoms with Crippen LogP contribution in [0.15, 0.2) is 48.9 Å². The number of pyridine rings is 2. The molecule has 0 aliphatic rings. The lowest BCUT2D eigenvalue weighted by Crippen LogP contribution is -2.33. The van der Waals surface area contributed by atoms with Gasteiger partial charge in [-0.1, -0.05) is 26.0 Å². The lowest BCUT2D eigenvalue weighted by molar-refractivity contribution is 0.0923. The predicted octanol–water partition coefficient (Wildman–Crippen LogP) is 3.41. The summed E-state index contributed by atoms with van der Waals surface area (Å²) in [6.07, 6.45) is 5.05. The van der Waals surface area contributed by atoms with Crippen LogP contribution in [0.4, 0.5) is 0 Å². The number of aromatic nitrogens is 4. The average Bonchev–Trinajstić information content (AvgIpc) is 3.02. The molecule has 134 valence electrons. The van der Waals surface area contributed by atoms with Gasteiger partial charge in [0.25, 0.3) is 5.91 Å². The van der Waals surface area contributed by atoms with E-state index in [1.54, 1.807) is 23.3 Å². The van der Waals surface area contributed by atoms with Crippen molar-refractivity contribution in [3.05, 3.63) is 71.4 Å². The molecular formula is C20H23N5O. The number of nitrogens with one attached hydrogen (secondary N) is 1. The second-order valence-electron chi connectivity index (χ2n) is 6.64. The van der Waals surface area contributed by atoms with Crippen LogP contribution < -0.4 is 5.32 Å². The van der Waals surface area contributed by atoms with Gasteiger partial charge < -0.3 is 5.32 Å². The molecule has 1 N–H and O–H groups in total. The smallest absolute Gasteiger partial charge is 0.255 e. The minimum Gasteiger partial charge on any atom is -0.343 e. The molecule has 1 atom stereocenters. The molecule has 3 aromatic heterocycles. The fraction of sp³-hybridized carbons (Fsp3) is 0.300. The zero-order chi connectivity index (χ0) is 18.7. The van der Waals surface area contributed by atoms with Crippen molar-refractivity contribution in [3.63, 3.8) is 0 Å². The van der Waals surface area contributed by atoms with Gasteiger partial charge in [-0.15, -0.1) is 0 Å². The molecule has 1 amide bonds. The van der Waals surface area contributed by atoms with Gasteiger partial charge in [0.05, 0.1) is 29.2 Å². The van der Waals surface area contributed by atoms with Crippen LogP contribution in [0.3, 0.4) is 0 Å². The Morgan fingerprint density at radius 2 is 1.85 bits per heavy atom. The normalized spacial score (nSPS) is 12.2.